The summed E-state index contributed by atoms with van der Waals surface area (Å²) in [4.78, 5) is 59.2. The molecule has 0 saturated carbocycles. The van der Waals surface area contributed by atoms with Crippen molar-refractivity contribution in [2.45, 2.75) is 101 Å². The quantitative estimate of drug-likeness (QED) is 0.0795. The molecule has 225 valence electrons. The third-order valence-corrected chi connectivity index (χ3v) is 5.28. The Morgan fingerprint density at radius 3 is 1.79 bits per heavy atom. The number of carboxylic acids is 2. The summed E-state index contributed by atoms with van der Waals surface area (Å²) in [6.45, 7) is 4.86. The fourth-order valence-corrected chi connectivity index (χ4v) is 3.19. The molecule has 1 radical (unpaired) electrons. The summed E-state index contributed by atoms with van der Waals surface area (Å²) >= 11 is 0. The zero-order chi connectivity index (χ0) is 30.3. The van der Waals surface area contributed by atoms with Crippen LogP contribution in [0, 0.1) is 0 Å². The molecular formula is C23H41N4O12. The van der Waals surface area contributed by atoms with E-state index in [0.29, 0.717) is 12.8 Å². The highest BCUT2D eigenvalue weighted by Gasteiger charge is 2.37. The summed E-state index contributed by atoms with van der Waals surface area (Å²) in [5, 5.41) is 63.4. The third kappa shape index (κ3) is 14.6. The van der Waals surface area contributed by atoms with Gasteiger partial charge < -0.3 is 51.3 Å². The summed E-state index contributed by atoms with van der Waals surface area (Å²) in [6, 6.07) is -2.41. The molecule has 0 aromatic rings. The number of aliphatic hydroxyl groups is 4. The van der Waals surface area contributed by atoms with Crippen LogP contribution in [0.4, 0.5) is 4.79 Å². The average Bonchev–Trinajstić information content (AvgIpc) is 2.83. The molecule has 0 spiro atoms. The first-order chi connectivity index (χ1) is 18.0. The van der Waals surface area contributed by atoms with Crippen molar-refractivity contribution in [1.82, 2.24) is 21.7 Å². The van der Waals surface area contributed by atoms with Gasteiger partial charge in [0.1, 0.15) is 29.9 Å². The van der Waals surface area contributed by atoms with E-state index in [1.807, 2.05) is 0 Å². The highest BCUT2D eigenvalue weighted by atomic mass is 16.6. The van der Waals surface area contributed by atoms with Gasteiger partial charge in [0.15, 0.2) is 12.2 Å². The largest absolute Gasteiger partial charge is 0.480 e. The molecule has 6 atom stereocenters. The highest BCUT2D eigenvalue weighted by Crippen LogP contribution is 2.10. The van der Waals surface area contributed by atoms with E-state index in [1.54, 1.807) is 20.8 Å². The van der Waals surface area contributed by atoms with Crippen molar-refractivity contribution >= 4 is 29.8 Å². The predicted octanol–water partition coefficient (Wildman–Crippen LogP) is -2.28. The van der Waals surface area contributed by atoms with Gasteiger partial charge in [0.05, 0.1) is 0 Å². The van der Waals surface area contributed by atoms with Crippen molar-refractivity contribution < 1.29 is 59.3 Å². The lowest BCUT2D eigenvalue weighted by molar-refractivity contribution is -0.166. The minimum absolute atomic E-state index is 0.00863. The number of aliphatic carboxylic acids is 2. The topological polar surface area (TPSA) is 276 Å². The molecule has 16 nitrogen and oxygen atoms in total. The Kier molecular flexibility index (Phi) is 16.2. The second-order valence-corrected chi connectivity index (χ2v) is 9.84. The molecule has 5 unspecified atom stereocenters. The standard InChI is InChI=1S/C23H41N4O12/c1-23(2,3)39-22(38)27-12(18(32)26-13(20(34)35)9-4-6-10-24)8-5-7-11-25-19(33)16(30)14(28)15(29)17(31)21(36)37/h12-17,24,28-31H,4-11H2,1-3H3,(H,25,33)(H,26,32)(H,27,38)(H,34,35)(H,36,37)/t12-,13?,14?,15?,16?,17?/m1/s1. The predicted molar refractivity (Wildman–Crippen MR) is 133 cm³/mol. The number of aliphatic hydroxyl groups excluding tert-OH is 4. The van der Waals surface area contributed by atoms with Gasteiger partial charge in [-0.1, -0.05) is 0 Å². The summed E-state index contributed by atoms with van der Waals surface area (Å²) in [5.41, 5.74) is 6.29. The zero-order valence-corrected chi connectivity index (χ0v) is 22.3. The number of amides is 3. The highest BCUT2D eigenvalue weighted by molar-refractivity contribution is 5.89. The van der Waals surface area contributed by atoms with Crippen molar-refractivity contribution in [1.29, 1.82) is 0 Å². The number of carbonyl (C=O) groups is 5. The molecule has 0 aliphatic rings. The minimum Gasteiger partial charge on any atom is -0.480 e. The fourth-order valence-electron chi connectivity index (χ4n) is 3.19. The average molecular weight is 566 g/mol. The van der Waals surface area contributed by atoms with Gasteiger partial charge in [0.2, 0.25) is 5.91 Å². The van der Waals surface area contributed by atoms with Gasteiger partial charge in [-0.15, -0.1) is 0 Å². The maximum absolute atomic E-state index is 12.8. The molecule has 0 aliphatic carbocycles. The van der Waals surface area contributed by atoms with Crippen LogP contribution in [0.25, 0.3) is 0 Å². The van der Waals surface area contributed by atoms with Crippen molar-refractivity contribution in [3.8, 4) is 0 Å². The number of ether oxygens (including phenoxy) is 1. The van der Waals surface area contributed by atoms with E-state index in [9.17, 15) is 49.5 Å². The first kappa shape index (κ1) is 35.9. The SMILES string of the molecule is CC(C)(C)OC(=O)N[C@H](CCCCNC(=O)C(O)C(O)C(O)C(O)C(=O)O)C(=O)NC(CCCC[NH])C(=O)O. The van der Waals surface area contributed by atoms with Gasteiger partial charge in [-0.25, -0.2) is 14.4 Å². The number of unbranched alkanes of at least 4 members (excludes halogenated alkanes) is 2. The normalized spacial score (nSPS) is 16.1. The molecule has 0 saturated heterocycles. The number of nitrogens with one attached hydrogen (secondary N) is 4. The number of hydrogen-bond donors (Lipinski definition) is 9. The van der Waals surface area contributed by atoms with Crippen molar-refractivity contribution in [2.75, 3.05) is 13.1 Å². The van der Waals surface area contributed by atoms with Crippen LogP contribution in [-0.2, 0) is 23.9 Å². The molecular weight excluding hydrogens is 524 g/mol. The second kappa shape index (κ2) is 17.5. The van der Waals surface area contributed by atoms with Crippen LogP contribution in [0.2, 0.25) is 0 Å². The smallest absolute Gasteiger partial charge is 0.408 e. The number of rotatable bonds is 18. The van der Waals surface area contributed by atoms with E-state index >= 15 is 0 Å². The lowest BCUT2D eigenvalue weighted by atomic mass is 10.0. The first-order valence-electron chi connectivity index (χ1n) is 12.4. The van der Waals surface area contributed by atoms with Crippen molar-refractivity contribution in [2.24, 2.45) is 0 Å². The lowest BCUT2D eigenvalue weighted by Crippen LogP contribution is -2.53. The van der Waals surface area contributed by atoms with Crippen molar-refractivity contribution in [3.63, 3.8) is 0 Å². The van der Waals surface area contributed by atoms with E-state index in [4.69, 9.17) is 15.6 Å². The van der Waals surface area contributed by atoms with Crippen LogP contribution in [0.1, 0.15) is 59.3 Å². The number of alkyl carbamates (subject to hydrolysis) is 1. The number of hydrogen-bond acceptors (Lipinski definition) is 10. The van der Waals surface area contributed by atoms with Gasteiger partial charge in [-0.2, -0.15) is 0 Å². The summed E-state index contributed by atoms with van der Waals surface area (Å²) in [7, 11) is 0. The van der Waals surface area contributed by atoms with Crippen LogP contribution in [0.5, 0.6) is 0 Å². The van der Waals surface area contributed by atoms with Gasteiger partial charge in [-0.3, -0.25) is 15.3 Å². The van der Waals surface area contributed by atoms with Gasteiger partial charge in [0.25, 0.3) is 5.91 Å². The minimum atomic E-state index is -2.43. The number of carbonyl (C=O) groups excluding carboxylic acids is 3. The Morgan fingerprint density at radius 1 is 0.744 bits per heavy atom. The maximum atomic E-state index is 12.8. The summed E-state index contributed by atoms with van der Waals surface area (Å²) < 4.78 is 5.16. The molecule has 0 heterocycles. The van der Waals surface area contributed by atoms with E-state index in [1.165, 1.54) is 0 Å². The second-order valence-electron chi connectivity index (χ2n) is 9.84. The molecule has 10 N–H and O–H groups in total. The lowest BCUT2D eigenvalue weighted by Gasteiger charge is -2.25. The van der Waals surface area contributed by atoms with E-state index in [-0.39, 0.29) is 38.8 Å². The van der Waals surface area contributed by atoms with Gasteiger partial charge in [-0.05, 0) is 59.3 Å². The van der Waals surface area contributed by atoms with E-state index < -0.39 is 71.9 Å². The molecule has 39 heavy (non-hydrogen) atoms. The van der Waals surface area contributed by atoms with Crippen LogP contribution >= 0.6 is 0 Å². The molecule has 0 aromatic carbocycles. The first-order valence-corrected chi connectivity index (χ1v) is 12.4. The number of carboxylic acid groups (broad SMARTS) is 2. The molecule has 3 amide bonds. The summed E-state index contributed by atoms with van der Waals surface area (Å²) in [6.07, 6.45) is -8.83. The maximum Gasteiger partial charge on any atom is 0.408 e. The van der Waals surface area contributed by atoms with Crippen LogP contribution < -0.4 is 21.7 Å². The molecule has 0 aromatic heterocycles. The Balaban J connectivity index is 5.04. The monoisotopic (exact) mass is 565 g/mol. The molecule has 0 bridgehead atoms. The molecule has 0 rings (SSSR count). The van der Waals surface area contributed by atoms with Crippen molar-refractivity contribution in [3.05, 3.63) is 0 Å². The van der Waals surface area contributed by atoms with Gasteiger partial charge in [0, 0.05) is 13.1 Å². The van der Waals surface area contributed by atoms with Gasteiger partial charge >= 0.3 is 18.0 Å². The Morgan fingerprint density at radius 2 is 1.28 bits per heavy atom. The molecule has 0 aliphatic heterocycles. The van der Waals surface area contributed by atoms with Crippen LogP contribution in [-0.4, -0.2) is 116 Å². The Hall–Kier alpha value is -3.05. The van der Waals surface area contributed by atoms with Crippen LogP contribution in [0.3, 0.4) is 0 Å². The van der Waals surface area contributed by atoms with E-state index in [0.717, 1.165) is 0 Å². The van der Waals surface area contributed by atoms with E-state index in [2.05, 4.69) is 16.0 Å². The third-order valence-electron chi connectivity index (χ3n) is 5.28. The Labute approximate surface area is 225 Å². The Bertz CT molecular complexity index is 819. The molecule has 16 heteroatoms. The zero-order valence-electron chi connectivity index (χ0n) is 22.3. The van der Waals surface area contributed by atoms with Crippen LogP contribution in [0.15, 0.2) is 0 Å². The summed E-state index contributed by atoms with van der Waals surface area (Å²) in [5.74, 6) is -5.06. The molecule has 0 fully saturated rings. The fraction of sp³-hybridized carbons (Fsp3) is 0.783.